The molecule has 8 nitrogen and oxygen atoms in total. The van der Waals surface area contributed by atoms with Crippen molar-refractivity contribution in [2.24, 2.45) is 12.8 Å². The van der Waals surface area contributed by atoms with E-state index in [1.165, 1.54) is 17.2 Å². The van der Waals surface area contributed by atoms with Gasteiger partial charge in [0.15, 0.2) is 17.1 Å². The highest BCUT2D eigenvalue weighted by Crippen LogP contribution is 2.30. The van der Waals surface area contributed by atoms with Gasteiger partial charge in [-0.05, 0) is 25.0 Å². The number of aromatic nitrogens is 3. The van der Waals surface area contributed by atoms with Crippen molar-refractivity contribution in [3.8, 4) is 5.75 Å². The van der Waals surface area contributed by atoms with Crippen LogP contribution in [0.15, 0.2) is 24.4 Å². The molecule has 1 atom stereocenters. The van der Waals surface area contributed by atoms with E-state index in [1.807, 2.05) is 0 Å². The summed E-state index contributed by atoms with van der Waals surface area (Å²) in [6.07, 6.45) is -1.91. The lowest BCUT2D eigenvalue weighted by Gasteiger charge is -2.24. The van der Waals surface area contributed by atoms with E-state index in [0.29, 0.717) is 24.1 Å². The van der Waals surface area contributed by atoms with E-state index in [0.717, 1.165) is 13.1 Å². The fourth-order valence-corrected chi connectivity index (χ4v) is 3.14. The van der Waals surface area contributed by atoms with Crippen molar-refractivity contribution in [2.75, 3.05) is 13.2 Å². The van der Waals surface area contributed by atoms with E-state index in [1.54, 1.807) is 6.07 Å². The van der Waals surface area contributed by atoms with Crippen LogP contribution in [0.2, 0.25) is 0 Å². The zero-order chi connectivity index (χ0) is 20.5. The number of carbonyl (C=O) groups is 2. The molecule has 3 rings (SSSR count). The number of hydrogen-bond donors (Lipinski definition) is 1. The van der Waals surface area contributed by atoms with Crippen molar-refractivity contribution in [1.29, 1.82) is 0 Å². The molecule has 1 fully saturated rings. The summed E-state index contributed by atoms with van der Waals surface area (Å²) in [5.41, 5.74) is 3.95. The molecular formula is C17H18F3N5O3. The molecule has 2 N–H and O–H groups in total. The molecule has 0 aliphatic carbocycles. The number of ether oxygens (including phenoxy) is 1. The molecule has 0 saturated carbocycles. The second kappa shape index (κ2) is 7.49. The molecule has 0 bridgehead atoms. The molecule has 150 valence electrons. The van der Waals surface area contributed by atoms with Gasteiger partial charge in [-0.3, -0.25) is 14.3 Å². The average Bonchev–Trinajstić information content (AvgIpc) is 3.25. The van der Waals surface area contributed by atoms with Crippen molar-refractivity contribution < 1.29 is 27.5 Å². The topological polar surface area (TPSA) is 103 Å². The predicted molar refractivity (Wildman–Crippen MR) is 90.5 cm³/mol. The number of hydrogen-bond acceptors (Lipinski definition) is 5. The summed E-state index contributed by atoms with van der Waals surface area (Å²) in [7, 11) is 1.14. The number of amides is 2. The van der Waals surface area contributed by atoms with Crippen molar-refractivity contribution in [1.82, 2.24) is 19.7 Å². The molecular weight excluding hydrogens is 379 g/mol. The van der Waals surface area contributed by atoms with Gasteiger partial charge in [0.1, 0.15) is 12.3 Å². The van der Waals surface area contributed by atoms with Crippen LogP contribution in [0.1, 0.15) is 39.5 Å². The minimum absolute atomic E-state index is 0.0297. The third-order valence-electron chi connectivity index (χ3n) is 4.46. The van der Waals surface area contributed by atoms with E-state index in [4.69, 9.17) is 10.5 Å². The van der Waals surface area contributed by atoms with Crippen LogP contribution in [-0.4, -0.2) is 50.7 Å². The highest BCUT2D eigenvalue weighted by atomic mass is 19.4. The van der Waals surface area contributed by atoms with Crippen molar-refractivity contribution in [2.45, 2.75) is 25.1 Å². The number of nitrogens with zero attached hydrogens (tertiary/aromatic N) is 4. The first-order valence-corrected chi connectivity index (χ1v) is 8.48. The van der Waals surface area contributed by atoms with E-state index < -0.39 is 23.7 Å². The summed E-state index contributed by atoms with van der Waals surface area (Å²) in [4.78, 5) is 29.4. The van der Waals surface area contributed by atoms with Gasteiger partial charge in [-0.15, -0.1) is 0 Å². The maximum absolute atomic E-state index is 12.9. The maximum Gasteiger partial charge on any atom is 0.433 e. The van der Waals surface area contributed by atoms with E-state index in [-0.39, 0.29) is 29.8 Å². The average molecular weight is 397 g/mol. The summed E-state index contributed by atoms with van der Waals surface area (Å²) in [5.74, 6) is -1.16. The van der Waals surface area contributed by atoms with E-state index >= 15 is 0 Å². The Bertz CT molecular complexity index is 896. The largest absolute Gasteiger partial charge is 0.489 e. The number of pyridine rings is 1. The van der Waals surface area contributed by atoms with Gasteiger partial charge >= 0.3 is 6.18 Å². The summed E-state index contributed by atoms with van der Waals surface area (Å²) in [5, 5.41) is 3.71. The fraction of sp³-hybridized carbons (Fsp3) is 0.412. The Morgan fingerprint density at radius 2 is 2.14 bits per heavy atom. The summed E-state index contributed by atoms with van der Waals surface area (Å²) < 4.78 is 45.1. The van der Waals surface area contributed by atoms with Crippen molar-refractivity contribution in [3.63, 3.8) is 0 Å². The van der Waals surface area contributed by atoms with Crippen LogP contribution < -0.4 is 10.5 Å². The smallest absolute Gasteiger partial charge is 0.433 e. The standard InChI is InChI=1S/C17H18F3N5O3/c1-24-13(17(18,19)20)8-11(23-24)16(27)25-7-3-4-10(25)9-28-12-5-2-6-22-14(12)15(21)26/h2,5-6,8,10H,3-4,7,9H2,1H3,(H2,21,26)/t10-/m1/s1. The Kier molecular flexibility index (Phi) is 5.25. The summed E-state index contributed by atoms with van der Waals surface area (Å²) >= 11 is 0. The van der Waals surface area contributed by atoms with Gasteiger partial charge in [0, 0.05) is 25.9 Å². The van der Waals surface area contributed by atoms with Crippen LogP contribution in [0, 0.1) is 0 Å². The van der Waals surface area contributed by atoms with E-state index in [2.05, 4.69) is 10.1 Å². The first kappa shape index (κ1) is 19.6. The number of rotatable bonds is 5. The van der Waals surface area contributed by atoms with Gasteiger partial charge in [0.2, 0.25) is 0 Å². The van der Waals surface area contributed by atoms with Crippen molar-refractivity contribution in [3.05, 3.63) is 41.5 Å². The fourth-order valence-electron chi connectivity index (χ4n) is 3.14. The molecule has 0 spiro atoms. The number of aryl methyl sites for hydroxylation is 1. The molecule has 2 aromatic heterocycles. The van der Waals surface area contributed by atoms with Gasteiger partial charge in [-0.2, -0.15) is 18.3 Å². The van der Waals surface area contributed by atoms with Gasteiger partial charge < -0.3 is 15.4 Å². The molecule has 2 aromatic rings. The monoisotopic (exact) mass is 397 g/mol. The molecule has 1 aliphatic heterocycles. The molecule has 1 saturated heterocycles. The van der Waals surface area contributed by atoms with E-state index in [9.17, 15) is 22.8 Å². The second-order valence-electron chi connectivity index (χ2n) is 6.36. The first-order valence-electron chi connectivity index (χ1n) is 8.48. The Morgan fingerprint density at radius 3 is 2.79 bits per heavy atom. The number of alkyl halides is 3. The lowest BCUT2D eigenvalue weighted by atomic mass is 10.2. The molecule has 0 radical (unpaired) electrons. The molecule has 0 unspecified atom stereocenters. The zero-order valence-electron chi connectivity index (χ0n) is 14.9. The van der Waals surface area contributed by atoms with Crippen LogP contribution in [0.3, 0.4) is 0 Å². The summed E-state index contributed by atoms with van der Waals surface area (Å²) in [6.45, 7) is 0.428. The molecule has 0 aromatic carbocycles. The number of carbonyl (C=O) groups excluding carboxylic acids is 2. The molecule has 2 amide bonds. The maximum atomic E-state index is 12.9. The molecule has 1 aliphatic rings. The number of halogens is 3. The Balaban J connectivity index is 1.73. The van der Waals surface area contributed by atoms with Crippen molar-refractivity contribution >= 4 is 11.8 Å². The van der Waals surface area contributed by atoms with Gasteiger partial charge in [-0.1, -0.05) is 0 Å². The first-order chi connectivity index (χ1) is 13.2. The number of primary amides is 1. The minimum Gasteiger partial charge on any atom is -0.489 e. The lowest BCUT2D eigenvalue weighted by molar-refractivity contribution is -0.143. The Morgan fingerprint density at radius 1 is 1.39 bits per heavy atom. The Labute approximate surface area is 158 Å². The van der Waals surface area contributed by atoms with Gasteiger partial charge in [-0.25, -0.2) is 4.98 Å². The third-order valence-corrected chi connectivity index (χ3v) is 4.46. The highest BCUT2D eigenvalue weighted by Gasteiger charge is 2.38. The SMILES string of the molecule is Cn1nc(C(=O)N2CCC[C@@H]2COc2cccnc2C(N)=O)cc1C(F)(F)F. The molecule has 11 heteroatoms. The van der Waals surface area contributed by atoms with Crippen LogP contribution in [0.4, 0.5) is 13.2 Å². The highest BCUT2D eigenvalue weighted by molar-refractivity contribution is 5.93. The normalized spacial score (nSPS) is 17.0. The number of nitrogens with two attached hydrogens (primary N) is 1. The van der Waals surface area contributed by atoms with Crippen LogP contribution in [0.5, 0.6) is 5.75 Å². The predicted octanol–water partition coefficient (Wildman–Crippen LogP) is 1.62. The van der Waals surface area contributed by atoms with Crippen LogP contribution in [-0.2, 0) is 13.2 Å². The Hall–Kier alpha value is -3.11. The molecule has 3 heterocycles. The van der Waals surface area contributed by atoms with Gasteiger partial charge in [0.05, 0.1) is 6.04 Å². The van der Waals surface area contributed by atoms with Crippen LogP contribution in [0.25, 0.3) is 0 Å². The minimum atomic E-state index is -4.60. The zero-order valence-corrected chi connectivity index (χ0v) is 14.9. The lowest BCUT2D eigenvalue weighted by Crippen LogP contribution is -2.39. The third kappa shape index (κ3) is 3.92. The molecule has 28 heavy (non-hydrogen) atoms. The van der Waals surface area contributed by atoms with Gasteiger partial charge in [0.25, 0.3) is 11.8 Å². The van der Waals surface area contributed by atoms with Crippen LogP contribution >= 0.6 is 0 Å². The quantitative estimate of drug-likeness (QED) is 0.826. The summed E-state index contributed by atoms with van der Waals surface area (Å²) in [6, 6.07) is 3.48. The second-order valence-corrected chi connectivity index (χ2v) is 6.36. The number of likely N-dealkylation sites (tertiary alicyclic amines) is 1.